The predicted octanol–water partition coefficient (Wildman–Crippen LogP) is 3.39. The highest BCUT2D eigenvalue weighted by Gasteiger charge is 2.14. The summed E-state index contributed by atoms with van der Waals surface area (Å²) in [7, 11) is 0. The van der Waals surface area contributed by atoms with Crippen LogP contribution in [0.2, 0.25) is 15.3 Å². The molecule has 0 radical (unpaired) electrons. The summed E-state index contributed by atoms with van der Waals surface area (Å²) in [5.41, 5.74) is 0.346. The standard InChI is InChI=1S/C11H6Cl3N3O2/c12-6-3-5(1-2-7(6)18)11(19)17-8-9(13)15-4-16-10(8)14/h1-4,18H,(H,17,19). The number of phenols is 1. The van der Waals surface area contributed by atoms with Crippen LogP contribution in [0.15, 0.2) is 24.5 Å². The molecule has 1 amide bonds. The maximum Gasteiger partial charge on any atom is 0.255 e. The largest absolute Gasteiger partial charge is 0.506 e. The molecule has 0 unspecified atom stereocenters. The average molecular weight is 319 g/mol. The van der Waals surface area contributed by atoms with Crippen LogP contribution in [0, 0.1) is 0 Å². The third-order valence-corrected chi connectivity index (χ3v) is 3.08. The van der Waals surface area contributed by atoms with Crippen molar-refractivity contribution in [2.45, 2.75) is 0 Å². The Hall–Kier alpha value is -1.56. The molecule has 98 valence electrons. The Morgan fingerprint density at radius 1 is 1.16 bits per heavy atom. The minimum atomic E-state index is -0.500. The van der Waals surface area contributed by atoms with E-state index < -0.39 is 5.91 Å². The lowest BCUT2D eigenvalue weighted by Gasteiger charge is -2.08. The van der Waals surface area contributed by atoms with Crippen LogP contribution in [0.3, 0.4) is 0 Å². The van der Waals surface area contributed by atoms with Gasteiger partial charge in [-0.05, 0) is 18.2 Å². The zero-order valence-electron chi connectivity index (χ0n) is 9.19. The number of amides is 1. The second-order valence-corrected chi connectivity index (χ2v) is 4.57. The zero-order chi connectivity index (χ0) is 14.0. The minimum absolute atomic E-state index is 0.0261. The quantitative estimate of drug-likeness (QED) is 0.832. The number of phenolic OH excluding ortho intramolecular Hbond substituents is 1. The van der Waals surface area contributed by atoms with Gasteiger partial charge in [-0.2, -0.15) is 0 Å². The van der Waals surface area contributed by atoms with Gasteiger partial charge < -0.3 is 10.4 Å². The van der Waals surface area contributed by atoms with Crippen LogP contribution in [-0.2, 0) is 0 Å². The van der Waals surface area contributed by atoms with Crippen LogP contribution in [0.4, 0.5) is 5.69 Å². The molecule has 8 heteroatoms. The number of nitrogens with one attached hydrogen (secondary N) is 1. The number of rotatable bonds is 2. The highest BCUT2D eigenvalue weighted by Crippen LogP contribution is 2.28. The first-order valence-electron chi connectivity index (χ1n) is 4.95. The molecule has 0 aliphatic rings. The first-order valence-corrected chi connectivity index (χ1v) is 6.08. The second-order valence-electron chi connectivity index (χ2n) is 3.45. The molecule has 1 aromatic heterocycles. The Kier molecular flexibility index (Phi) is 4.09. The van der Waals surface area contributed by atoms with Gasteiger partial charge in [0.25, 0.3) is 5.91 Å². The highest BCUT2D eigenvalue weighted by molar-refractivity contribution is 6.38. The Morgan fingerprint density at radius 2 is 1.79 bits per heavy atom. The van der Waals surface area contributed by atoms with Gasteiger partial charge in [0.05, 0.1) is 5.02 Å². The summed E-state index contributed by atoms with van der Waals surface area (Å²) in [6.07, 6.45) is 1.18. The molecule has 0 aliphatic heterocycles. The summed E-state index contributed by atoms with van der Waals surface area (Å²) < 4.78 is 0. The lowest BCUT2D eigenvalue weighted by atomic mass is 10.2. The summed E-state index contributed by atoms with van der Waals surface area (Å²) in [5, 5.41) is 11.9. The summed E-state index contributed by atoms with van der Waals surface area (Å²) in [5.74, 6) is -0.613. The molecule has 2 N–H and O–H groups in total. The van der Waals surface area contributed by atoms with Crippen LogP contribution in [0.25, 0.3) is 0 Å². The molecule has 0 saturated heterocycles. The van der Waals surface area contributed by atoms with Gasteiger partial charge in [0.2, 0.25) is 0 Å². The molecule has 0 bridgehead atoms. The number of hydrogen-bond acceptors (Lipinski definition) is 4. The summed E-state index contributed by atoms with van der Waals surface area (Å²) in [6.45, 7) is 0. The number of aromatic hydroxyl groups is 1. The first kappa shape index (κ1) is 13.9. The van der Waals surface area contributed by atoms with Crippen molar-refractivity contribution in [3.63, 3.8) is 0 Å². The minimum Gasteiger partial charge on any atom is -0.506 e. The number of hydrogen-bond donors (Lipinski definition) is 2. The van der Waals surface area contributed by atoms with E-state index in [0.717, 1.165) is 0 Å². The normalized spacial score (nSPS) is 10.3. The van der Waals surface area contributed by atoms with Gasteiger partial charge >= 0.3 is 0 Å². The van der Waals surface area contributed by atoms with Gasteiger partial charge in [0.15, 0.2) is 10.3 Å². The van der Waals surface area contributed by atoms with E-state index in [1.54, 1.807) is 0 Å². The molecule has 19 heavy (non-hydrogen) atoms. The molecule has 0 saturated carbocycles. The van der Waals surface area contributed by atoms with Crippen LogP contribution in [0.1, 0.15) is 10.4 Å². The number of nitrogens with zero attached hydrogens (tertiary/aromatic N) is 2. The fourth-order valence-electron chi connectivity index (χ4n) is 1.28. The fourth-order valence-corrected chi connectivity index (χ4v) is 1.87. The molecule has 0 aliphatic carbocycles. The highest BCUT2D eigenvalue weighted by atomic mass is 35.5. The van der Waals surface area contributed by atoms with Crippen molar-refractivity contribution in [1.82, 2.24) is 9.97 Å². The molecule has 2 aromatic rings. The van der Waals surface area contributed by atoms with E-state index in [-0.39, 0.29) is 32.3 Å². The Labute approximate surface area is 123 Å². The summed E-state index contributed by atoms with van der Waals surface area (Å²) in [6, 6.07) is 4.03. The molecule has 0 spiro atoms. The maximum absolute atomic E-state index is 12.0. The SMILES string of the molecule is O=C(Nc1c(Cl)ncnc1Cl)c1ccc(O)c(Cl)c1. The van der Waals surface area contributed by atoms with E-state index in [1.807, 2.05) is 0 Å². The van der Waals surface area contributed by atoms with E-state index in [0.29, 0.717) is 0 Å². The number of carbonyl (C=O) groups excluding carboxylic acids is 1. The van der Waals surface area contributed by atoms with Gasteiger partial charge in [-0.15, -0.1) is 0 Å². The number of anilines is 1. The van der Waals surface area contributed by atoms with Gasteiger partial charge in [0, 0.05) is 5.56 Å². The van der Waals surface area contributed by atoms with Gasteiger partial charge in [-0.3, -0.25) is 4.79 Å². The lowest BCUT2D eigenvalue weighted by molar-refractivity contribution is 0.102. The lowest BCUT2D eigenvalue weighted by Crippen LogP contribution is -2.13. The third-order valence-electron chi connectivity index (χ3n) is 2.20. The molecule has 0 fully saturated rings. The molecule has 2 rings (SSSR count). The first-order chi connectivity index (χ1) is 8.99. The topological polar surface area (TPSA) is 75.1 Å². The van der Waals surface area contributed by atoms with Crippen molar-refractivity contribution in [2.24, 2.45) is 0 Å². The smallest absolute Gasteiger partial charge is 0.255 e. The van der Waals surface area contributed by atoms with Crippen LogP contribution < -0.4 is 5.32 Å². The Bertz CT molecular complexity index is 629. The van der Waals surface area contributed by atoms with Crippen molar-refractivity contribution < 1.29 is 9.90 Å². The Balaban J connectivity index is 2.28. The fraction of sp³-hybridized carbons (Fsp3) is 0. The van der Waals surface area contributed by atoms with E-state index in [9.17, 15) is 9.90 Å². The van der Waals surface area contributed by atoms with Gasteiger partial charge in [-0.25, -0.2) is 9.97 Å². The van der Waals surface area contributed by atoms with E-state index >= 15 is 0 Å². The zero-order valence-corrected chi connectivity index (χ0v) is 11.5. The molecule has 0 atom stereocenters. The summed E-state index contributed by atoms with van der Waals surface area (Å²) >= 11 is 17.3. The maximum atomic E-state index is 12.0. The molecule has 5 nitrogen and oxygen atoms in total. The van der Waals surface area contributed by atoms with Crippen LogP contribution in [-0.4, -0.2) is 21.0 Å². The van der Waals surface area contributed by atoms with Gasteiger partial charge in [-0.1, -0.05) is 34.8 Å². The van der Waals surface area contributed by atoms with Crippen molar-refractivity contribution in [3.8, 4) is 5.75 Å². The molecular weight excluding hydrogens is 312 g/mol. The molecule has 1 aromatic carbocycles. The van der Waals surface area contributed by atoms with Crippen LogP contribution >= 0.6 is 34.8 Å². The van der Waals surface area contributed by atoms with Crippen molar-refractivity contribution in [2.75, 3.05) is 5.32 Å². The number of benzene rings is 1. The second kappa shape index (κ2) is 5.61. The molecule has 1 heterocycles. The summed E-state index contributed by atoms with van der Waals surface area (Å²) in [4.78, 5) is 19.4. The van der Waals surface area contributed by atoms with E-state index in [1.165, 1.54) is 24.5 Å². The van der Waals surface area contributed by atoms with E-state index in [4.69, 9.17) is 34.8 Å². The van der Waals surface area contributed by atoms with Crippen molar-refractivity contribution in [1.29, 1.82) is 0 Å². The van der Waals surface area contributed by atoms with E-state index in [2.05, 4.69) is 15.3 Å². The van der Waals surface area contributed by atoms with Crippen molar-refractivity contribution >= 4 is 46.4 Å². The molecular formula is C11H6Cl3N3O2. The third kappa shape index (κ3) is 3.07. The number of halogens is 3. The predicted molar refractivity (Wildman–Crippen MR) is 73.1 cm³/mol. The van der Waals surface area contributed by atoms with Crippen LogP contribution in [0.5, 0.6) is 5.75 Å². The monoisotopic (exact) mass is 317 g/mol. The Morgan fingerprint density at radius 3 is 2.37 bits per heavy atom. The number of aromatic nitrogens is 2. The number of carbonyl (C=O) groups is 1. The average Bonchev–Trinajstić information content (AvgIpc) is 2.37. The van der Waals surface area contributed by atoms with Gasteiger partial charge in [0.1, 0.15) is 17.8 Å². The van der Waals surface area contributed by atoms with Crippen molar-refractivity contribution in [3.05, 3.63) is 45.4 Å².